The van der Waals surface area contributed by atoms with Crippen LogP contribution < -0.4 is 20.1 Å². The quantitative estimate of drug-likeness (QED) is 0.514. The fraction of sp³-hybridized carbons (Fsp3) is 0.0952. The maximum atomic E-state index is 5.42. The van der Waals surface area contributed by atoms with Crippen LogP contribution in [-0.2, 0) is 0 Å². The number of pyridine rings is 1. The Hall–Kier alpha value is -3.87. The summed E-state index contributed by atoms with van der Waals surface area (Å²) in [6, 6.07) is 17.3. The summed E-state index contributed by atoms with van der Waals surface area (Å²) in [5, 5.41) is 7.62. The van der Waals surface area contributed by atoms with Crippen LogP contribution in [0.1, 0.15) is 0 Å². The minimum absolute atomic E-state index is 0.633. The fourth-order valence-corrected chi connectivity index (χ4v) is 2.88. The number of nitrogens with one attached hydrogen (secondary N) is 2. The average Bonchev–Trinajstić information content (AvgIpc) is 2.74. The zero-order chi connectivity index (χ0) is 19.3. The molecule has 0 bridgehead atoms. The number of para-hydroxylation sites is 1. The highest BCUT2D eigenvalue weighted by Gasteiger charge is 2.08. The third-order valence-electron chi connectivity index (χ3n) is 4.23. The van der Waals surface area contributed by atoms with E-state index in [0.717, 1.165) is 28.0 Å². The molecule has 4 rings (SSSR count). The zero-order valence-electron chi connectivity index (χ0n) is 15.5. The number of rotatable bonds is 6. The van der Waals surface area contributed by atoms with Gasteiger partial charge in [0.15, 0.2) is 0 Å². The van der Waals surface area contributed by atoms with E-state index in [4.69, 9.17) is 9.47 Å². The van der Waals surface area contributed by atoms with Crippen molar-refractivity contribution in [1.82, 2.24) is 15.0 Å². The molecule has 140 valence electrons. The van der Waals surface area contributed by atoms with Crippen LogP contribution >= 0.6 is 0 Å². The van der Waals surface area contributed by atoms with E-state index in [9.17, 15) is 0 Å². The predicted octanol–water partition coefficient (Wildman–Crippen LogP) is 4.53. The van der Waals surface area contributed by atoms with Gasteiger partial charge in [0.1, 0.15) is 29.5 Å². The van der Waals surface area contributed by atoms with E-state index in [-0.39, 0.29) is 0 Å². The van der Waals surface area contributed by atoms with E-state index in [1.165, 1.54) is 6.33 Å². The molecule has 0 aliphatic heterocycles. The minimum atomic E-state index is 0.633. The van der Waals surface area contributed by atoms with E-state index in [2.05, 4.69) is 25.6 Å². The Labute approximate surface area is 162 Å². The van der Waals surface area contributed by atoms with Crippen LogP contribution in [-0.4, -0.2) is 29.2 Å². The molecule has 0 aliphatic carbocycles. The van der Waals surface area contributed by atoms with Crippen LogP contribution in [0.4, 0.5) is 23.0 Å². The van der Waals surface area contributed by atoms with Crippen molar-refractivity contribution in [1.29, 1.82) is 0 Å². The maximum absolute atomic E-state index is 5.42. The Morgan fingerprint density at radius 1 is 0.750 bits per heavy atom. The number of benzene rings is 2. The highest BCUT2D eigenvalue weighted by Crippen LogP contribution is 2.31. The molecule has 2 aromatic heterocycles. The first kappa shape index (κ1) is 17.5. The van der Waals surface area contributed by atoms with Crippen LogP contribution in [0.15, 0.2) is 67.1 Å². The van der Waals surface area contributed by atoms with E-state index in [1.807, 2.05) is 54.6 Å². The summed E-state index contributed by atoms with van der Waals surface area (Å²) in [5.41, 5.74) is 2.54. The topological polar surface area (TPSA) is 81.2 Å². The van der Waals surface area contributed by atoms with Gasteiger partial charge in [0.05, 0.1) is 31.1 Å². The van der Waals surface area contributed by atoms with Gasteiger partial charge < -0.3 is 20.1 Å². The molecule has 7 nitrogen and oxygen atoms in total. The Bertz CT molecular complexity index is 1110. The van der Waals surface area contributed by atoms with E-state index in [1.54, 1.807) is 20.4 Å². The maximum Gasteiger partial charge on any atom is 0.146 e. The third kappa shape index (κ3) is 3.64. The van der Waals surface area contributed by atoms with Crippen molar-refractivity contribution in [2.24, 2.45) is 0 Å². The summed E-state index contributed by atoms with van der Waals surface area (Å²) in [6.07, 6.45) is 3.27. The first-order valence-electron chi connectivity index (χ1n) is 8.68. The molecule has 2 N–H and O–H groups in total. The first-order chi connectivity index (χ1) is 13.8. The van der Waals surface area contributed by atoms with Gasteiger partial charge in [0.2, 0.25) is 0 Å². The van der Waals surface area contributed by atoms with Crippen LogP contribution in [0.3, 0.4) is 0 Å². The van der Waals surface area contributed by atoms with E-state index >= 15 is 0 Å². The van der Waals surface area contributed by atoms with Crippen molar-refractivity contribution in [3.8, 4) is 11.5 Å². The third-order valence-corrected chi connectivity index (χ3v) is 4.23. The second-order valence-electron chi connectivity index (χ2n) is 5.99. The Kier molecular flexibility index (Phi) is 4.88. The number of anilines is 4. The summed E-state index contributed by atoms with van der Waals surface area (Å²) in [5.74, 6) is 2.67. The highest BCUT2D eigenvalue weighted by molar-refractivity contribution is 5.91. The van der Waals surface area contributed by atoms with Crippen LogP contribution in [0.25, 0.3) is 10.9 Å². The number of aromatic nitrogens is 3. The molecule has 0 spiro atoms. The normalized spacial score (nSPS) is 10.5. The lowest BCUT2D eigenvalue weighted by atomic mass is 10.2. The molecule has 28 heavy (non-hydrogen) atoms. The molecule has 2 aromatic carbocycles. The number of hydrogen-bond acceptors (Lipinski definition) is 7. The second-order valence-corrected chi connectivity index (χ2v) is 5.99. The second kappa shape index (κ2) is 7.79. The van der Waals surface area contributed by atoms with Crippen molar-refractivity contribution < 1.29 is 9.47 Å². The van der Waals surface area contributed by atoms with Crippen molar-refractivity contribution >= 4 is 33.9 Å². The number of fused-ring (bicyclic) bond motifs is 1. The van der Waals surface area contributed by atoms with Crippen molar-refractivity contribution in [3.05, 3.63) is 67.1 Å². The zero-order valence-corrected chi connectivity index (χ0v) is 15.5. The SMILES string of the molecule is COc1ccc(Nc2cc(Nc3cccc4cccnc34)ncn2)c(OC)c1. The first-order valence-corrected chi connectivity index (χ1v) is 8.68. The molecule has 0 saturated heterocycles. The van der Waals surface area contributed by atoms with Gasteiger partial charge in [0.25, 0.3) is 0 Å². The molecule has 7 heteroatoms. The lowest BCUT2D eigenvalue weighted by Gasteiger charge is -2.13. The lowest BCUT2D eigenvalue weighted by Crippen LogP contribution is -2.00. The van der Waals surface area contributed by atoms with Crippen LogP contribution in [0, 0.1) is 0 Å². The van der Waals surface area contributed by atoms with Crippen molar-refractivity contribution in [2.45, 2.75) is 0 Å². The van der Waals surface area contributed by atoms with E-state index < -0.39 is 0 Å². The number of hydrogen-bond donors (Lipinski definition) is 2. The molecular weight excluding hydrogens is 354 g/mol. The fourth-order valence-electron chi connectivity index (χ4n) is 2.88. The highest BCUT2D eigenvalue weighted by atomic mass is 16.5. The molecule has 4 aromatic rings. The van der Waals surface area contributed by atoms with Crippen LogP contribution in [0.2, 0.25) is 0 Å². The molecule has 0 amide bonds. The van der Waals surface area contributed by atoms with Crippen molar-refractivity contribution in [3.63, 3.8) is 0 Å². The lowest BCUT2D eigenvalue weighted by molar-refractivity contribution is 0.395. The Morgan fingerprint density at radius 2 is 1.54 bits per heavy atom. The van der Waals surface area contributed by atoms with Crippen molar-refractivity contribution in [2.75, 3.05) is 24.9 Å². The van der Waals surface area contributed by atoms with Gasteiger partial charge in [-0.3, -0.25) is 4.98 Å². The summed E-state index contributed by atoms with van der Waals surface area (Å²) in [4.78, 5) is 13.1. The average molecular weight is 373 g/mol. The molecule has 0 saturated carbocycles. The molecule has 0 atom stereocenters. The molecule has 0 unspecified atom stereocenters. The standard InChI is InChI=1S/C21H19N5O2/c1-27-15-8-9-16(18(11-15)28-2)25-19-12-20(24-13-23-19)26-17-7-3-5-14-6-4-10-22-21(14)17/h3-13H,1-2H3,(H2,23,24,25,26). The molecule has 2 heterocycles. The van der Waals surface area contributed by atoms with Gasteiger partial charge in [-0.15, -0.1) is 0 Å². The predicted molar refractivity (Wildman–Crippen MR) is 110 cm³/mol. The largest absolute Gasteiger partial charge is 0.497 e. The minimum Gasteiger partial charge on any atom is -0.497 e. The van der Waals surface area contributed by atoms with Gasteiger partial charge in [0, 0.05) is 23.7 Å². The summed E-state index contributed by atoms with van der Waals surface area (Å²) >= 11 is 0. The van der Waals surface area contributed by atoms with Gasteiger partial charge in [-0.2, -0.15) is 0 Å². The smallest absolute Gasteiger partial charge is 0.146 e. The molecule has 0 aliphatic rings. The van der Waals surface area contributed by atoms with Gasteiger partial charge in [-0.25, -0.2) is 9.97 Å². The summed E-state index contributed by atoms with van der Waals surface area (Å²) in [6.45, 7) is 0. The molecule has 0 fully saturated rings. The van der Waals surface area contributed by atoms with Gasteiger partial charge in [-0.05, 0) is 24.3 Å². The Balaban J connectivity index is 1.60. The van der Waals surface area contributed by atoms with Gasteiger partial charge >= 0.3 is 0 Å². The van der Waals surface area contributed by atoms with Gasteiger partial charge in [-0.1, -0.05) is 18.2 Å². The number of ether oxygens (including phenoxy) is 2. The summed E-state index contributed by atoms with van der Waals surface area (Å²) in [7, 11) is 3.23. The summed E-state index contributed by atoms with van der Waals surface area (Å²) < 4.78 is 10.7. The molecular formula is C21H19N5O2. The Morgan fingerprint density at radius 3 is 2.32 bits per heavy atom. The monoisotopic (exact) mass is 373 g/mol. The number of methoxy groups -OCH3 is 2. The number of nitrogens with zero attached hydrogens (tertiary/aromatic N) is 3. The molecule has 0 radical (unpaired) electrons. The van der Waals surface area contributed by atoms with E-state index in [0.29, 0.717) is 17.4 Å². The van der Waals surface area contributed by atoms with Crippen LogP contribution in [0.5, 0.6) is 11.5 Å².